The minimum absolute atomic E-state index is 0.0778. The summed E-state index contributed by atoms with van der Waals surface area (Å²) in [6, 6.07) is 5.04. The number of halogens is 3. The average Bonchev–Trinajstić information content (AvgIpc) is 3.38. The number of rotatable bonds is 6. The van der Waals surface area contributed by atoms with Gasteiger partial charge in [0.15, 0.2) is 10.3 Å². The molecule has 30 heavy (non-hydrogen) atoms. The van der Waals surface area contributed by atoms with E-state index in [1.165, 1.54) is 25.0 Å². The van der Waals surface area contributed by atoms with Crippen LogP contribution in [0.3, 0.4) is 0 Å². The first kappa shape index (κ1) is 20.5. The summed E-state index contributed by atoms with van der Waals surface area (Å²) in [6.07, 6.45) is 7.61. The second-order valence-corrected chi connectivity index (χ2v) is 8.41. The lowest BCUT2D eigenvalue weighted by Crippen LogP contribution is -2.18. The third kappa shape index (κ3) is 5.21. The van der Waals surface area contributed by atoms with Gasteiger partial charge in [-0.05, 0) is 35.6 Å². The Morgan fingerprint density at radius 2 is 1.87 bits per heavy atom. The van der Waals surface area contributed by atoms with E-state index in [1.807, 2.05) is 6.20 Å². The summed E-state index contributed by atoms with van der Waals surface area (Å²) in [5.74, 6) is -0.529. The molecular formula is C21H20F3N3O2S. The molecule has 2 aromatic heterocycles. The lowest BCUT2D eigenvalue weighted by Gasteiger charge is -2.10. The van der Waals surface area contributed by atoms with Gasteiger partial charge in [-0.25, -0.2) is 18.6 Å². The van der Waals surface area contributed by atoms with E-state index in [4.69, 9.17) is 4.74 Å². The van der Waals surface area contributed by atoms with Gasteiger partial charge in [0, 0.05) is 18.3 Å². The normalized spacial score (nSPS) is 14.2. The summed E-state index contributed by atoms with van der Waals surface area (Å²) in [5, 5.41) is 1.93. The van der Waals surface area contributed by atoms with E-state index in [9.17, 15) is 18.0 Å². The second-order valence-electron chi connectivity index (χ2n) is 7.43. The fraction of sp³-hybridized carbons (Fsp3) is 0.333. The third-order valence-corrected chi connectivity index (χ3v) is 5.77. The van der Waals surface area contributed by atoms with Crippen molar-refractivity contribution in [3.63, 3.8) is 0 Å². The lowest BCUT2D eigenvalue weighted by molar-refractivity contribution is 0.211. The number of aromatic nitrogens is 2. The van der Waals surface area contributed by atoms with Crippen molar-refractivity contribution in [2.75, 3.05) is 5.32 Å². The number of hydrogen-bond donors (Lipinski definition) is 1. The van der Waals surface area contributed by atoms with Gasteiger partial charge in [-0.1, -0.05) is 37.0 Å². The molecule has 9 heteroatoms. The highest BCUT2D eigenvalue weighted by atomic mass is 32.1. The van der Waals surface area contributed by atoms with Crippen molar-refractivity contribution < 1.29 is 22.7 Å². The van der Waals surface area contributed by atoms with Crippen LogP contribution in [0.5, 0.6) is 5.88 Å². The molecule has 0 unspecified atom stereocenters. The molecule has 0 spiro atoms. The summed E-state index contributed by atoms with van der Waals surface area (Å²) in [4.78, 5) is 16.0. The molecule has 3 aromatic rings. The fourth-order valence-electron chi connectivity index (χ4n) is 3.83. The maximum absolute atomic E-state index is 13.6. The Balaban J connectivity index is 1.54. The van der Waals surface area contributed by atoms with Crippen molar-refractivity contribution in [2.24, 2.45) is 5.92 Å². The Labute approximate surface area is 175 Å². The molecule has 1 amide bonds. The largest absolute Gasteiger partial charge is 0.420 e. The Hall–Kier alpha value is -2.81. The quantitative estimate of drug-likeness (QED) is 0.536. The number of ether oxygens (including phenoxy) is 1. The molecule has 1 aromatic carbocycles. The third-order valence-electron chi connectivity index (χ3n) is 5.07. The van der Waals surface area contributed by atoms with E-state index < -0.39 is 22.9 Å². The number of carbonyl (C=O) groups is 1. The molecule has 0 bridgehead atoms. The van der Waals surface area contributed by atoms with Crippen molar-refractivity contribution >= 4 is 22.6 Å². The number of nitrogens with one attached hydrogen (secondary N) is 1. The van der Waals surface area contributed by atoms with E-state index >= 15 is 0 Å². The minimum atomic E-state index is -0.818. The molecule has 1 fully saturated rings. The highest BCUT2D eigenvalue weighted by molar-refractivity contribution is 7.14. The average molecular weight is 435 g/mol. The van der Waals surface area contributed by atoms with Crippen LogP contribution < -0.4 is 10.1 Å². The first-order chi connectivity index (χ1) is 14.4. The summed E-state index contributed by atoms with van der Waals surface area (Å²) in [5.41, 5.74) is 1.39. The van der Waals surface area contributed by atoms with Crippen LogP contribution in [0.25, 0.3) is 0 Å². The second kappa shape index (κ2) is 8.91. The van der Waals surface area contributed by atoms with Crippen LogP contribution >= 0.6 is 11.3 Å². The molecule has 158 valence electrons. The SMILES string of the molecule is O=C(Nc1ncc(F)s1)Oc1cc(CC2CCCC2)cn1Cc1cc(F)cc(F)c1. The van der Waals surface area contributed by atoms with Gasteiger partial charge in [-0.2, -0.15) is 4.39 Å². The molecule has 2 heterocycles. The van der Waals surface area contributed by atoms with Gasteiger partial charge in [0.25, 0.3) is 0 Å². The van der Waals surface area contributed by atoms with Crippen LogP contribution in [0, 0.1) is 22.7 Å². The fourth-order valence-corrected chi connectivity index (χ4v) is 4.36. The van der Waals surface area contributed by atoms with E-state index in [0.29, 0.717) is 22.8 Å². The highest BCUT2D eigenvalue weighted by Gasteiger charge is 2.19. The van der Waals surface area contributed by atoms with Crippen LogP contribution in [0.1, 0.15) is 36.8 Å². The van der Waals surface area contributed by atoms with Crippen molar-refractivity contribution in [3.8, 4) is 5.88 Å². The molecule has 5 nitrogen and oxygen atoms in total. The molecule has 0 aliphatic heterocycles. The Kier molecular flexibility index (Phi) is 6.08. The number of thiazole rings is 1. The number of benzene rings is 1. The number of anilines is 1. The predicted molar refractivity (Wildman–Crippen MR) is 107 cm³/mol. The number of nitrogens with zero attached hydrogens (tertiary/aromatic N) is 2. The van der Waals surface area contributed by atoms with Gasteiger partial charge in [-0.15, -0.1) is 0 Å². The topological polar surface area (TPSA) is 56.1 Å². The first-order valence-corrected chi connectivity index (χ1v) is 10.5. The standard InChI is InChI=1S/C21H20F3N3O2S/c22-16-6-15(7-17(23)9-16)12-27-11-14(5-13-3-1-2-4-13)8-19(27)29-21(28)26-20-25-10-18(24)30-20/h6-11,13H,1-5,12H2,(H,25,26,28). The van der Waals surface area contributed by atoms with Crippen molar-refractivity contribution in [1.82, 2.24) is 9.55 Å². The molecule has 4 rings (SSSR count). The highest BCUT2D eigenvalue weighted by Crippen LogP contribution is 2.30. The van der Waals surface area contributed by atoms with E-state index in [2.05, 4.69) is 10.3 Å². The Bertz CT molecular complexity index is 1020. The van der Waals surface area contributed by atoms with Crippen LogP contribution in [0.15, 0.2) is 36.7 Å². The monoisotopic (exact) mass is 435 g/mol. The molecular weight excluding hydrogens is 415 g/mol. The van der Waals surface area contributed by atoms with Crippen molar-refractivity contribution in [3.05, 3.63) is 64.6 Å². The molecule has 1 saturated carbocycles. The molecule has 0 atom stereocenters. The van der Waals surface area contributed by atoms with Gasteiger partial charge < -0.3 is 9.30 Å². The van der Waals surface area contributed by atoms with Gasteiger partial charge in [0.1, 0.15) is 11.6 Å². The molecule has 0 saturated heterocycles. The Morgan fingerprint density at radius 3 is 2.53 bits per heavy atom. The zero-order valence-corrected chi connectivity index (χ0v) is 16.9. The number of amides is 1. The van der Waals surface area contributed by atoms with Crippen molar-refractivity contribution in [1.29, 1.82) is 0 Å². The maximum atomic E-state index is 13.6. The van der Waals surface area contributed by atoms with E-state index in [1.54, 1.807) is 10.6 Å². The predicted octanol–water partition coefficient (Wildman–Crippen LogP) is 5.75. The summed E-state index contributed by atoms with van der Waals surface area (Å²) >= 11 is 0.683. The minimum Gasteiger partial charge on any atom is -0.393 e. The zero-order valence-electron chi connectivity index (χ0n) is 16.0. The summed E-state index contributed by atoms with van der Waals surface area (Å²) in [6.45, 7) is 0.133. The summed E-state index contributed by atoms with van der Waals surface area (Å²) < 4.78 is 47.3. The van der Waals surface area contributed by atoms with Gasteiger partial charge in [0.05, 0.1) is 12.7 Å². The summed E-state index contributed by atoms with van der Waals surface area (Å²) in [7, 11) is 0. The molecule has 1 aliphatic carbocycles. The van der Waals surface area contributed by atoms with Gasteiger partial charge >= 0.3 is 6.09 Å². The van der Waals surface area contributed by atoms with Crippen LogP contribution in [0.2, 0.25) is 0 Å². The van der Waals surface area contributed by atoms with Crippen molar-refractivity contribution in [2.45, 2.75) is 38.6 Å². The van der Waals surface area contributed by atoms with Gasteiger partial charge in [0.2, 0.25) is 5.88 Å². The number of hydrogen-bond acceptors (Lipinski definition) is 4. The van der Waals surface area contributed by atoms with Crippen LogP contribution in [0.4, 0.5) is 23.1 Å². The molecule has 1 N–H and O–H groups in total. The number of carbonyl (C=O) groups excluding carboxylic acids is 1. The lowest BCUT2D eigenvalue weighted by atomic mass is 10.0. The van der Waals surface area contributed by atoms with E-state index in [-0.39, 0.29) is 17.6 Å². The Morgan fingerprint density at radius 1 is 1.13 bits per heavy atom. The van der Waals surface area contributed by atoms with Crippen LogP contribution in [-0.4, -0.2) is 15.6 Å². The molecule has 0 radical (unpaired) electrons. The maximum Gasteiger partial charge on any atom is 0.420 e. The zero-order chi connectivity index (χ0) is 21.1. The smallest absolute Gasteiger partial charge is 0.393 e. The molecule has 1 aliphatic rings. The van der Waals surface area contributed by atoms with Crippen LogP contribution in [-0.2, 0) is 13.0 Å². The van der Waals surface area contributed by atoms with Gasteiger partial charge in [-0.3, -0.25) is 5.32 Å². The first-order valence-electron chi connectivity index (χ1n) is 9.69. The van der Waals surface area contributed by atoms with E-state index in [0.717, 1.165) is 37.1 Å².